The third-order valence-electron chi connectivity index (χ3n) is 3.47. The van der Waals surface area contributed by atoms with Crippen molar-refractivity contribution in [3.8, 4) is 5.75 Å². The Morgan fingerprint density at radius 2 is 1.84 bits per heavy atom. The van der Waals surface area contributed by atoms with Crippen molar-refractivity contribution in [3.63, 3.8) is 0 Å². The Kier molecular flexibility index (Phi) is 5.86. The fourth-order valence-corrected chi connectivity index (χ4v) is 1.75. The maximum absolute atomic E-state index is 5.82. The molecule has 1 rings (SSSR count). The molecule has 2 nitrogen and oxygen atoms in total. The van der Waals surface area contributed by atoms with Crippen molar-refractivity contribution in [2.75, 3.05) is 6.61 Å². The molecule has 0 aliphatic rings. The fourth-order valence-electron chi connectivity index (χ4n) is 1.75. The van der Waals surface area contributed by atoms with Gasteiger partial charge in [-0.2, -0.15) is 0 Å². The van der Waals surface area contributed by atoms with Crippen molar-refractivity contribution in [1.29, 1.82) is 0 Å². The maximum Gasteiger partial charge on any atom is 0.196 e. The summed E-state index contributed by atoms with van der Waals surface area (Å²) < 4.78 is 11.5. The molecule has 1 aromatic rings. The lowest BCUT2D eigenvalue weighted by atomic mass is 9.82. The van der Waals surface area contributed by atoms with Crippen LogP contribution in [0.4, 0.5) is 0 Å². The average Bonchev–Trinajstić information content (AvgIpc) is 2.36. The zero-order valence-electron chi connectivity index (χ0n) is 13.2. The topological polar surface area (TPSA) is 18.5 Å². The number of hydrogen-bond acceptors (Lipinski definition) is 2. The first-order valence-corrected chi connectivity index (χ1v) is 7.24. The smallest absolute Gasteiger partial charge is 0.196 e. The van der Waals surface area contributed by atoms with Crippen molar-refractivity contribution in [2.24, 2.45) is 5.92 Å². The third kappa shape index (κ3) is 5.23. The molecule has 2 heteroatoms. The first kappa shape index (κ1) is 16.0. The van der Waals surface area contributed by atoms with Crippen LogP contribution in [0.15, 0.2) is 24.3 Å². The second-order valence-electron chi connectivity index (χ2n) is 6.18. The van der Waals surface area contributed by atoms with Crippen LogP contribution in [0.2, 0.25) is 0 Å². The molecule has 0 N–H and O–H groups in total. The first-order chi connectivity index (χ1) is 8.85. The second-order valence-corrected chi connectivity index (χ2v) is 6.18. The van der Waals surface area contributed by atoms with Crippen LogP contribution in [0, 0.1) is 5.92 Å². The van der Waals surface area contributed by atoms with Crippen LogP contribution in [0.1, 0.15) is 53.5 Å². The Bertz CT molecular complexity index is 383. The van der Waals surface area contributed by atoms with Crippen LogP contribution < -0.4 is 4.74 Å². The molecule has 1 aromatic carbocycles. The van der Waals surface area contributed by atoms with E-state index in [9.17, 15) is 0 Å². The maximum atomic E-state index is 5.82. The van der Waals surface area contributed by atoms with Gasteiger partial charge in [-0.15, -0.1) is 0 Å². The highest BCUT2D eigenvalue weighted by molar-refractivity contribution is 5.33. The fraction of sp³-hybridized carbons (Fsp3) is 0.647. The van der Waals surface area contributed by atoms with Crippen LogP contribution in [0.5, 0.6) is 5.75 Å². The number of ether oxygens (including phenoxy) is 2. The lowest BCUT2D eigenvalue weighted by Gasteiger charge is -2.24. The van der Waals surface area contributed by atoms with E-state index in [1.807, 2.05) is 13.0 Å². The summed E-state index contributed by atoms with van der Waals surface area (Å²) in [7, 11) is 0. The van der Waals surface area contributed by atoms with Crippen LogP contribution in [-0.4, -0.2) is 12.9 Å². The Balaban J connectivity index is 2.67. The normalized spacial score (nSPS) is 13.6. The first-order valence-electron chi connectivity index (χ1n) is 7.24. The summed E-state index contributed by atoms with van der Waals surface area (Å²) in [5, 5.41) is 0. The van der Waals surface area contributed by atoms with Gasteiger partial charge in [-0.3, -0.25) is 0 Å². The van der Waals surface area contributed by atoms with E-state index in [0.717, 1.165) is 18.8 Å². The molecule has 0 spiro atoms. The van der Waals surface area contributed by atoms with Gasteiger partial charge in [0.15, 0.2) is 6.29 Å². The Morgan fingerprint density at radius 1 is 1.16 bits per heavy atom. The lowest BCUT2D eigenvalue weighted by molar-refractivity contribution is -0.0756. The van der Waals surface area contributed by atoms with Gasteiger partial charge >= 0.3 is 0 Å². The molecule has 0 radical (unpaired) electrons. The van der Waals surface area contributed by atoms with E-state index in [2.05, 4.69) is 52.8 Å². The molecule has 0 aliphatic heterocycles. The van der Waals surface area contributed by atoms with Gasteiger partial charge in [-0.05, 0) is 42.4 Å². The zero-order valence-corrected chi connectivity index (χ0v) is 13.2. The van der Waals surface area contributed by atoms with Crippen LogP contribution in [-0.2, 0) is 10.2 Å². The second kappa shape index (κ2) is 6.95. The van der Waals surface area contributed by atoms with E-state index in [4.69, 9.17) is 9.47 Å². The summed E-state index contributed by atoms with van der Waals surface area (Å²) in [6, 6.07) is 8.33. The summed E-state index contributed by atoms with van der Waals surface area (Å²) in [6.07, 6.45) is 0.901. The van der Waals surface area contributed by atoms with Crippen molar-refractivity contribution < 1.29 is 9.47 Å². The lowest BCUT2D eigenvalue weighted by Crippen LogP contribution is -2.20. The third-order valence-corrected chi connectivity index (χ3v) is 3.47. The summed E-state index contributed by atoms with van der Waals surface area (Å²) in [5.41, 5.74) is 1.49. The summed E-state index contributed by atoms with van der Waals surface area (Å²) in [4.78, 5) is 0. The molecular weight excluding hydrogens is 236 g/mol. The Hall–Kier alpha value is -1.02. The highest BCUT2D eigenvalue weighted by atomic mass is 16.7. The molecule has 0 heterocycles. The van der Waals surface area contributed by atoms with Gasteiger partial charge in [-0.25, -0.2) is 0 Å². The quantitative estimate of drug-likeness (QED) is 0.660. The van der Waals surface area contributed by atoms with E-state index in [1.54, 1.807) is 0 Å². The molecule has 19 heavy (non-hydrogen) atoms. The van der Waals surface area contributed by atoms with Crippen molar-refractivity contribution in [2.45, 2.75) is 59.7 Å². The van der Waals surface area contributed by atoms with Crippen LogP contribution in [0.3, 0.4) is 0 Å². The van der Waals surface area contributed by atoms with Crippen LogP contribution in [0.25, 0.3) is 0 Å². The summed E-state index contributed by atoms with van der Waals surface area (Å²) >= 11 is 0. The molecule has 1 atom stereocenters. The van der Waals surface area contributed by atoms with Crippen molar-refractivity contribution in [1.82, 2.24) is 0 Å². The predicted octanol–water partition coefficient (Wildman–Crippen LogP) is 4.77. The Morgan fingerprint density at radius 3 is 2.42 bits per heavy atom. The molecule has 0 saturated carbocycles. The standard InChI is InChI=1S/C17H28O2/c1-7-17(5,6)15-9-8-10-16(11-15)19-14(4)18-12-13(2)3/h8-11,13-14H,7,12H2,1-6H3. The minimum Gasteiger partial charge on any atom is -0.465 e. The van der Waals surface area contributed by atoms with E-state index >= 15 is 0 Å². The van der Waals surface area contributed by atoms with E-state index in [1.165, 1.54) is 5.56 Å². The van der Waals surface area contributed by atoms with Gasteiger partial charge in [-0.1, -0.05) is 46.8 Å². The predicted molar refractivity (Wildman–Crippen MR) is 80.6 cm³/mol. The van der Waals surface area contributed by atoms with Crippen LogP contribution >= 0.6 is 0 Å². The molecule has 108 valence electrons. The molecule has 0 saturated heterocycles. The largest absolute Gasteiger partial charge is 0.465 e. The SMILES string of the molecule is CCC(C)(C)c1cccc(OC(C)OCC(C)C)c1. The van der Waals surface area contributed by atoms with Gasteiger partial charge in [0, 0.05) is 0 Å². The highest BCUT2D eigenvalue weighted by Crippen LogP contribution is 2.29. The minimum atomic E-state index is -0.206. The molecule has 0 fully saturated rings. The molecule has 1 unspecified atom stereocenters. The highest BCUT2D eigenvalue weighted by Gasteiger charge is 2.18. The van der Waals surface area contributed by atoms with Gasteiger partial charge in [0.05, 0.1) is 6.61 Å². The van der Waals surface area contributed by atoms with Crippen molar-refractivity contribution in [3.05, 3.63) is 29.8 Å². The molecular formula is C17H28O2. The summed E-state index contributed by atoms with van der Waals surface area (Å²) in [5.74, 6) is 1.41. The van der Waals surface area contributed by atoms with Gasteiger partial charge in [0.2, 0.25) is 0 Å². The van der Waals surface area contributed by atoms with Gasteiger partial charge < -0.3 is 9.47 Å². The van der Waals surface area contributed by atoms with E-state index in [0.29, 0.717) is 5.92 Å². The number of hydrogen-bond donors (Lipinski definition) is 0. The molecule has 0 aliphatic carbocycles. The monoisotopic (exact) mass is 264 g/mol. The Labute approximate surface area is 118 Å². The number of benzene rings is 1. The number of rotatable bonds is 7. The average molecular weight is 264 g/mol. The van der Waals surface area contributed by atoms with Gasteiger partial charge in [0.25, 0.3) is 0 Å². The van der Waals surface area contributed by atoms with Gasteiger partial charge in [0.1, 0.15) is 5.75 Å². The minimum absolute atomic E-state index is 0.182. The molecule has 0 bridgehead atoms. The van der Waals surface area contributed by atoms with E-state index in [-0.39, 0.29) is 11.7 Å². The van der Waals surface area contributed by atoms with E-state index < -0.39 is 0 Å². The molecule has 0 amide bonds. The zero-order chi connectivity index (χ0) is 14.5. The van der Waals surface area contributed by atoms with Crippen molar-refractivity contribution >= 4 is 0 Å². The molecule has 0 aromatic heterocycles. The summed E-state index contributed by atoms with van der Waals surface area (Å²) in [6.45, 7) is 13.7.